The molecule has 5 aliphatic rings. The topological polar surface area (TPSA) is 46.6 Å². The number of hydrogen-bond acceptors (Lipinski definition) is 3. The van der Waals surface area contributed by atoms with E-state index in [1.807, 2.05) is 41.3 Å². The number of nitrogens with zero attached hydrogens (tertiary/aromatic N) is 1. The Morgan fingerprint density at radius 1 is 0.906 bits per heavy atom. The van der Waals surface area contributed by atoms with Crippen LogP contribution in [0.15, 0.2) is 42.0 Å². The van der Waals surface area contributed by atoms with Crippen molar-refractivity contribution in [1.29, 1.82) is 0 Å². The van der Waals surface area contributed by atoms with E-state index in [0.29, 0.717) is 30.1 Å². The van der Waals surface area contributed by atoms with E-state index in [1.165, 1.54) is 37.7 Å². The summed E-state index contributed by atoms with van der Waals surface area (Å²) in [5.41, 5.74) is 2.85. The normalized spacial score (nSPS) is 43.2. The van der Waals surface area contributed by atoms with Gasteiger partial charge in [0.05, 0.1) is 6.54 Å². The van der Waals surface area contributed by atoms with Crippen LogP contribution in [0.25, 0.3) is 0 Å². The fraction of sp³-hybridized carbons (Fsp3) is 0.643. The van der Waals surface area contributed by atoms with Crippen molar-refractivity contribution in [3.63, 3.8) is 0 Å². The lowest BCUT2D eigenvalue weighted by Gasteiger charge is -2.58. The number of rotatable bonds is 2. The molecule has 0 aromatic heterocycles. The summed E-state index contributed by atoms with van der Waals surface area (Å²) in [5, 5.41) is 0. The predicted octanol–water partition coefficient (Wildman–Crippen LogP) is 6.16. The Morgan fingerprint density at radius 2 is 1.69 bits per heavy atom. The first-order valence-electron chi connectivity index (χ1n) is 12.7. The molecule has 0 bridgehead atoms. The molecule has 4 aliphatic carbocycles. The molecule has 1 amide bonds. The highest BCUT2D eigenvalue weighted by Crippen LogP contribution is 2.67. The number of benzene rings is 1. The van der Waals surface area contributed by atoms with Crippen molar-refractivity contribution in [2.24, 2.45) is 34.5 Å². The van der Waals surface area contributed by atoms with Gasteiger partial charge in [-0.2, -0.15) is 0 Å². The summed E-state index contributed by atoms with van der Waals surface area (Å²) in [7, 11) is 0. The number of ketones is 1. The lowest BCUT2D eigenvalue weighted by atomic mass is 9.46. The molecule has 4 nitrogen and oxygen atoms in total. The smallest absolute Gasteiger partial charge is 0.414 e. The van der Waals surface area contributed by atoms with Crippen LogP contribution in [0.1, 0.15) is 65.2 Å². The van der Waals surface area contributed by atoms with Gasteiger partial charge in [0.2, 0.25) is 0 Å². The van der Waals surface area contributed by atoms with Crippen molar-refractivity contribution in [2.75, 3.05) is 11.4 Å². The van der Waals surface area contributed by atoms with Crippen LogP contribution in [0.4, 0.5) is 10.5 Å². The van der Waals surface area contributed by atoms with E-state index in [0.717, 1.165) is 30.9 Å². The van der Waals surface area contributed by atoms with Gasteiger partial charge in [-0.3, -0.25) is 9.69 Å². The third-order valence-corrected chi connectivity index (χ3v) is 10.4. The van der Waals surface area contributed by atoms with Crippen LogP contribution in [0.2, 0.25) is 0 Å². The first-order chi connectivity index (χ1) is 15.4. The van der Waals surface area contributed by atoms with E-state index in [4.69, 9.17) is 4.74 Å². The number of allylic oxidation sites excluding steroid dienone is 1. The molecule has 1 unspecified atom stereocenters. The quantitative estimate of drug-likeness (QED) is 0.561. The zero-order valence-corrected chi connectivity index (χ0v) is 19.4. The second kappa shape index (κ2) is 7.20. The lowest BCUT2D eigenvalue weighted by molar-refractivity contribution is -0.117. The van der Waals surface area contributed by atoms with E-state index < -0.39 is 0 Å². The number of carbonyl (C=O) groups excluding carboxylic acids is 2. The largest absolute Gasteiger partial charge is 0.444 e. The molecule has 0 spiro atoms. The average molecular weight is 434 g/mol. The van der Waals surface area contributed by atoms with Crippen LogP contribution in [0.5, 0.6) is 0 Å². The summed E-state index contributed by atoms with van der Waals surface area (Å²) in [6, 6.07) is 9.94. The molecular weight excluding hydrogens is 398 g/mol. The molecule has 4 heteroatoms. The van der Waals surface area contributed by atoms with Gasteiger partial charge in [-0.25, -0.2) is 4.79 Å². The Morgan fingerprint density at radius 3 is 2.50 bits per heavy atom. The molecule has 0 N–H and O–H groups in total. The first kappa shape index (κ1) is 20.5. The highest BCUT2D eigenvalue weighted by atomic mass is 16.6. The van der Waals surface area contributed by atoms with Crippen LogP contribution in [-0.4, -0.2) is 24.5 Å². The fourth-order valence-electron chi connectivity index (χ4n) is 8.72. The number of para-hydroxylation sites is 1. The van der Waals surface area contributed by atoms with Gasteiger partial charge in [-0.15, -0.1) is 0 Å². The van der Waals surface area contributed by atoms with E-state index >= 15 is 0 Å². The average Bonchev–Trinajstić information content (AvgIpc) is 3.34. The third-order valence-electron chi connectivity index (χ3n) is 10.4. The predicted molar refractivity (Wildman–Crippen MR) is 124 cm³/mol. The molecule has 6 rings (SSSR count). The van der Waals surface area contributed by atoms with Gasteiger partial charge in [0.15, 0.2) is 5.78 Å². The summed E-state index contributed by atoms with van der Waals surface area (Å²) in [6.07, 6.45) is 10.8. The van der Waals surface area contributed by atoms with Gasteiger partial charge in [0.1, 0.15) is 6.10 Å². The molecule has 1 aromatic rings. The summed E-state index contributed by atoms with van der Waals surface area (Å²) >= 11 is 0. The van der Waals surface area contributed by atoms with Crippen LogP contribution in [0, 0.1) is 34.5 Å². The van der Waals surface area contributed by atoms with Crippen molar-refractivity contribution in [2.45, 2.75) is 71.3 Å². The molecule has 3 saturated carbocycles. The summed E-state index contributed by atoms with van der Waals surface area (Å²) < 4.78 is 6.02. The number of cyclic esters (lactones) is 1. The summed E-state index contributed by atoms with van der Waals surface area (Å²) in [5.74, 6) is 2.95. The Labute approximate surface area is 191 Å². The molecule has 1 aliphatic heterocycles. The van der Waals surface area contributed by atoms with E-state index in [9.17, 15) is 9.59 Å². The van der Waals surface area contributed by atoms with Gasteiger partial charge < -0.3 is 4.74 Å². The lowest BCUT2D eigenvalue weighted by Crippen LogP contribution is -2.51. The Kier molecular flexibility index (Phi) is 4.61. The third kappa shape index (κ3) is 2.87. The van der Waals surface area contributed by atoms with E-state index in [2.05, 4.69) is 13.8 Å². The zero-order valence-electron chi connectivity index (χ0n) is 19.4. The van der Waals surface area contributed by atoms with Gasteiger partial charge in [0, 0.05) is 18.0 Å². The maximum absolute atomic E-state index is 12.7. The van der Waals surface area contributed by atoms with Gasteiger partial charge in [0.25, 0.3) is 0 Å². The van der Waals surface area contributed by atoms with Crippen LogP contribution in [-0.2, 0) is 9.53 Å². The number of ether oxygens (including phenoxy) is 1. The number of anilines is 1. The van der Waals surface area contributed by atoms with Crippen LogP contribution in [0.3, 0.4) is 0 Å². The van der Waals surface area contributed by atoms with E-state index in [-0.39, 0.29) is 23.0 Å². The van der Waals surface area contributed by atoms with Gasteiger partial charge >= 0.3 is 6.09 Å². The molecular formula is C28H35NO3. The zero-order chi connectivity index (χ0) is 22.1. The number of fused-ring (bicyclic) bond motifs is 5. The number of amides is 1. The Hall–Kier alpha value is -2.10. The molecule has 7 atom stereocenters. The molecule has 1 heterocycles. The van der Waals surface area contributed by atoms with Gasteiger partial charge in [-0.1, -0.05) is 37.6 Å². The minimum absolute atomic E-state index is 0.00353. The van der Waals surface area contributed by atoms with Crippen molar-refractivity contribution in [3.8, 4) is 0 Å². The monoisotopic (exact) mass is 433 g/mol. The summed E-state index contributed by atoms with van der Waals surface area (Å²) in [6.45, 7) is 5.63. The highest BCUT2D eigenvalue weighted by Gasteiger charge is 2.61. The molecule has 170 valence electrons. The van der Waals surface area contributed by atoms with E-state index in [1.54, 1.807) is 0 Å². The summed E-state index contributed by atoms with van der Waals surface area (Å²) in [4.78, 5) is 26.6. The first-order valence-corrected chi connectivity index (χ1v) is 12.7. The molecule has 4 fully saturated rings. The van der Waals surface area contributed by atoms with Crippen molar-refractivity contribution in [3.05, 3.63) is 42.0 Å². The van der Waals surface area contributed by atoms with Crippen LogP contribution >= 0.6 is 0 Å². The number of carbonyl (C=O) groups is 2. The van der Waals surface area contributed by atoms with Gasteiger partial charge in [-0.05, 0) is 91.7 Å². The highest BCUT2D eigenvalue weighted by molar-refractivity contribution is 5.91. The molecule has 32 heavy (non-hydrogen) atoms. The maximum Gasteiger partial charge on any atom is 0.414 e. The second-order valence-electron chi connectivity index (χ2n) is 11.6. The second-order valence-corrected chi connectivity index (χ2v) is 11.6. The van der Waals surface area contributed by atoms with Crippen LogP contribution < -0.4 is 4.90 Å². The molecule has 1 saturated heterocycles. The Bertz CT molecular complexity index is 970. The minimum atomic E-state index is -0.186. The number of hydrogen-bond donors (Lipinski definition) is 0. The Balaban J connectivity index is 1.24. The maximum atomic E-state index is 12.7. The van der Waals surface area contributed by atoms with Crippen molar-refractivity contribution >= 4 is 17.6 Å². The molecule has 1 aromatic carbocycles. The minimum Gasteiger partial charge on any atom is -0.444 e. The van der Waals surface area contributed by atoms with Crippen molar-refractivity contribution < 1.29 is 14.3 Å². The molecule has 0 radical (unpaired) electrons. The van der Waals surface area contributed by atoms with Crippen molar-refractivity contribution in [1.82, 2.24) is 0 Å². The standard InChI is InChI=1S/C28H35NO3/c1-27-14-12-20(30)16-18(27)8-9-21-22-10-11-24(28(22,2)15-13-23(21)27)25-17-29(26(31)32-25)19-6-4-3-5-7-19/h3-7,16,21-25H,8-15,17H2,1-2H3/t21-,22-,23-,24+,25?,27-,28-/m0/s1. The SMILES string of the molecule is C[C@]12CC[C@H]3[C@@H](CCC4=CC(=O)CC[C@@]43C)[C@@H]1CC[C@@H]2C1CN(c2ccccc2)C(=O)O1. The fourth-order valence-corrected chi connectivity index (χ4v) is 8.72.